The lowest BCUT2D eigenvalue weighted by Gasteiger charge is -2.17. The molecule has 0 amide bonds. The SMILES string of the molecule is c1ccc2cc3c(cc2c1)c1ccccc1n3-c1ccc2oc3ccccc3c2c1-c1nc(-c2cccc3ccccc23)nc(-c2cc3ccccc3c3ccccc23)n1. The monoisotopic (exact) mass is 764 g/mol. The van der Waals surface area contributed by atoms with E-state index in [1.165, 1.54) is 26.9 Å². The molecule has 0 spiro atoms. The Morgan fingerprint density at radius 1 is 0.333 bits per heavy atom. The van der Waals surface area contributed by atoms with Crippen molar-refractivity contribution in [2.45, 2.75) is 0 Å². The van der Waals surface area contributed by atoms with Crippen LogP contribution in [0.2, 0.25) is 0 Å². The van der Waals surface area contributed by atoms with Crippen LogP contribution in [0.25, 0.3) is 127 Å². The van der Waals surface area contributed by atoms with E-state index in [-0.39, 0.29) is 0 Å². The van der Waals surface area contributed by atoms with Crippen molar-refractivity contribution in [3.05, 3.63) is 194 Å². The summed E-state index contributed by atoms with van der Waals surface area (Å²) in [6.07, 6.45) is 0. The Labute approximate surface area is 343 Å². The molecule has 13 aromatic rings. The fourth-order valence-corrected chi connectivity index (χ4v) is 9.52. The molecule has 3 aromatic heterocycles. The van der Waals surface area contributed by atoms with Crippen molar-refractivity contribution in [2.24, 2.45) is 0 Å². The fourth-order valence-electron chi connectivity index (χ4n) is 9.52. The number of rotatable bonds is 4. The molecular weight excluding hydrogens is 733 g/mol. The van der Waals surface area contributed by atoms with Gasteiger partial charge in [-0.3, -0.25) is 0 Å². The molecule has 0 N–H and O–H groups in total. The van der Waals surface area contributed by atoms with Gasteiger partial charge in [-0.2, -0.15) is 0 Å². The minimum atomic E-state index is 0.569. The number of hydrogen-bond acceptors (Lipinski definition) is 4. The molecule has 13 rings (SSSR count). The van der Waals surface area contributed by atoms with E-state index in [1.54, 1.807) is 0 Å². The predicted octanol–water partition coefficient (Wildman–Crippen LogP) is 14.5. The van der Waals surface area contributed by atoms with Crippen LogP contribution in [0.5, 0.6) is 0 Å². The molecular formula is C55H32N4O. The highest BCUT2D eigenvalue weighted by Crippen LogP contribution is 2.44. The van der Waals surface area contributed by atoms with Gasteiger partial charge in [-0.05, 0) is 85.6 Å². The summed E-state index contributed by atoms with van der Waals surface area (Å²) in [6, 6.07) is 68.6. The highest BCUT2D eigenvalue weighted by atomic mass is 16.3. The summed E-state index contributed by atoms with van der Waals surface area (Å²) in [7, 11) is 0. The molecule has 3 heterocycles. The first-order valence-electron chi connectivity index (χ1n) is 20.3. The molecule has 0 aliphatic carbocycles. The molecule has 0 saturated heterocycles. The third-order valence-electron chi connectivity index (χ3n) is 12.2. The second-order valence-electron chi connectivity index (χ2n) is 15.5. The van der Waals surface area contributed by atoms with Crippen molar-refractivity contribution < 1.29 is 4.42 Å². The van der Waals surface area contributed by atoms with E-state index < -0.39 is 0 Å². The lowest BCUT2D eigenvalue weighted by atomic mass is 9.96. The predicted molar refractivity (Wildman–Crippen MR) is 248 cm³/mol. The van der Waals surface area contributed by atoms with Gasteiger partial charge in [-0.15, -0.1) is 0 Å². The Bertz CT molecular complexity index is 3910. The maximum absolute atomic E-state index is 6.63. The third-order valence-corrected chi connectivity index (χ3v) is 12.2. The van der Waals surface area contributed by atoms with Crippen LogP contribution in [0.15, 0.2) is 199 Å². The smallest absolute Gasteiger partial charge is 0.166 e. The maximum atomic E-state index is 6.63. The first-order valence-corrected chi connectivity index (χ1v) is 20.3. The second kappa shape index (κ2) is 12.7. The average Bonchev–Trinajstić information content (AvgIpc) is 3.85. The first kappa shape index (κ1) is 32.9. The van der Waals surface area contributed by atoms with Gasteiger partial charge in [0, 0.05) is 32.7 Å². The molecule has 278 valence electrons. The van der Waals surface area contributed by atoms with Crippen molar-refractivity contribution in [3.8, 4) is 39.9 Å². The van der Waals surface area contributed by atoms with Crippen LogP contribution in [0.1, 0.15) is 0 Å². The Morgan fingerprint density at radius 3 is 1.77 bits per heavy atom. The minimum absolute atomic E-state index is 0.569. The van der Waals surface area contributed by atoms with Crippen molar-refractivity contribution in [1.29, 1.82) is 0 Å². The van der Waals surface area contributed by atoms with Crippen molar-refractivity contribution in [1.82, 2.24) is 19.5 Å². The molecule has 0 aliphatic rings. The summed E-state index contributed by atoms with van der Waals surface area (Å²) < 4.78 is 9.02. The van der Waals surface area contributed by atoms with Gasteiger partial charge in [0.1, 0.15) is 11.2 Å². The standard InChI is InChI=1S/C55H32N4O/c1-2-16-35-32-48-44(30-34(35)15-1)41-23-9-11-26-46(41)59(48)47-28-29-50-51(43-24-10-12-27-49(43)60-50)52(47)55-57-53(42-25-13-18-33-14-3-5-19-37(33)42)56-54(58-55)45-31-36-17-4-6-20-38(36)39-21-7-8-22-40(39)45/h1-32H. The van der Waals surface area contributed by atoms with Crippen LogP contribution in [-0.4, -0.2) is 19.5 Å². The molecule has 0 bridgehead atoms. The normalized spacial score (nSPS) is 12.0. The highest BCUT2D eigenvalue weighted by molar-refractivity contribution is 6.18. The lowest BCUT2D eigenvalue weighted by molar-refractivity contribution is 0.669. The highest BCUT2D eigenvalue weighted by Gasteiger charge is 2.25. The van der Waals surface area contributed by atoms with Crippen molar-refractivity contribution in [2.75, 3.05) is 0 Å². The lowest BCUT2D eigenvalue weighted by Crippen LogP contribution is -2.04. The quantitative estimate of drug-likeness (QED) is 0.167. The number of furan rings is 1. The largest absolute Gasteiger partial charge is 0.456 e. The van der Waals surface area contributed by atoms with E-state index in [0.29, 0.717) is 17.5 Å². The Morgan fingerprint density at radius 2 is 0.933 bits per heavy atom. The fraction of sp³-hybridized carbons (Fsp3) is 0. The molecule has 0 unspecified atom stereocenters. The maximum Gasteiger partial charge on any atom is 0.166 e. The number of para-hydroxylation sites is 2. The van der Waals surface area contributed by atoms with Crippen LogP contribution in [0.4, 0.5) is 0 Å². The van der Waals surface area contributed by atoms with Gasteiger partial charge >= 0.3 is 0 Å². The summed E-state index contributed by atoms with van der Waals surface area (Å²) in [5.74, 6) is 1.78. The summed E-state index contributed by atoms with van der Waals surface area (Å²) in [4.78, 5) is 16.5. The number of hydrogen-bond donors (Lipinski definition) is 0. The van der Waals surface area contributed by atoms with E-state index in [9.17, 15) is 0 Å². The van der Waals surface area contributed by atoms with Gasteiger partial charge in [-0.25, -0.2) is 15.0 Å². The van der Waals surface area contributed by atoms with Gasteiger partial charge in [0.25, 0.3) is 0 Å². The molecule has 0 fully saturated rings. The second-order valence-corrected chi connectivity index (χ2v) is 15.5. The zero-order chi connectivity index (χ0) is 39.3. The van der Waals surface area contributed by atoms with Gasteiger partial charge in [0.05, 0.1) is 22.3 Å². The van der Waals surface area contributed by atoms with Gasteiger partial charge < -0.3 is 8.98 Å². The molecule has 0 atom stereocenters. The van der Waals surface area contributed by atoms with Gasteiger partial charge in [-0.1, -0.05) is 152 Å². The molecule has 0 radical (unpaired) electrons. The minimum Gasteiger partial charge on any atom is -0.456 e. The Hall–Kier alpha value is -8.15. The Balaban J connectivity index is 1.21. The van der Waals surface area contributed by atoms with E-state index in [2.05, 4.69) is 187 Å². The molecule has 60 heavy (non-hydrogen) atoms. The molecule has 10 aromatic carbocycles. The van der Waals surface area contributed by atoms with Crippen LogP contribution in [0, 0.1) is 0 Å². The Kier molecular flexibility index (Phi) is 6.95. The number of fused-ring (bicyclic) bond motifs is 11. The van der Waals surface area contributed by atoms with E-state index in [1.807, 2.05) is 12.1 Å². The molecule has 0 saturated carbocycles. The zero-order valence-electron chi connectivity index (χ0n) is 32.2. The summed E-state index contributed by atoms with van der Waals surface area (Å²) in [5, 5.41) is 13.4. The van der Waals surface area contributed by atoms with E-state index >= 15 is 0 Å². The zero-order valence-corrected chi connectivity index (χ0v) is 32.2. The summed E-state index contributed by atoms with van der Waals surface area (Å²) in [5.41, 5.74) is 7.51. The number of nitrogens with zero attached hydrogens (tertiary/aromatic N) is 4. The summed E-state index contributed by atoms with van der Waals surface area (Å²) in [6.45, 7) is 0. The molecule has 5 nitrogen and oxygen atoms in total. The van der Waals surface area contributed by atoms with E-state index in [4.69, 9.17) is 19.4 Å². The summed E-state index contributed by atoms with van der Waals surface area (Å²) >= 11 is 0. The van der Waals surface area contributed by atoms with Gasteiger partial charge in [0.15, 0.2) is 17.5 Å². The first-order chi connectivity index (χ1) is 29.7. The van der Waals surface area contributed by atoms with Crippen LogP contribution in [-0.2, 0) is 0 Å². The van der Waals surface area contributed by atoms with Crippen LogP contribution < -0.4 is 0 Å². The number of benzene rings is 10. The van der Waals surface area contributed by atoms with Crippen molar-refractivity contribution in [3.63, 3.8) is 0 Å². The number of aromatic nitrogens is 4. The third kappa shape index (κ3) is 4.84. The molecule has 0 aliphatic heterocycles. The average molecular weight is 765 g/mol. The van der Waals surface area contributed by atoms with Gasteiger partial charge in [0.2, 0.25) is 0 Å². The van der Waals surface area contributed by atoms with Crippen molar-refractivity contribution >= 4 is 86.8 Å². The van der Waals surface area contributed by atoms with Crippen LogP contribution >= 0.6 is 0 Å². The van der Waals surface area contributed by atoms with Crippen LogP contribution in [0.3, 0.4) is 0 Å². The topological polar surface area (TPSA) is 56.7 Å². The molecule has 5 heteroatoms. The van der Waals surface area contributed by atoms with E-state index in [0.717, 1.165) is 82.3 Å².